The molecule has 3 rings (SSSR count). The normalized spacial score (nSPS) is 14.4. The summed E-state index contributed by atoms with van der Waals surface area (Å²) < 4.78 is 39.9. The van der Waals surface area contributed by atoms with Crippen LogP contribution in [0.3, 0.4) is 0 Å². The molecule has 6 heteroatoms. The van der Waals surface area contributed by atoms with E-state index in [1.807, 2.05) is 0 Å². The Balaban J connectivity index is 2.06. The van der Waals surface area contributed by atoms with E-state index in [2.05, 4.69) is 4.98 Å². The van der Waals surface area contributed by atoms with E-state index in [4.69, 9.17) is 0 Å². The Labute approximate surface area is 125 Å². The molecule has 0 saturated carbocycles. The van der Waals surface area contributed by atoms with Crippen molar-refractivity contribution in [3.05, 3.63) is 53.5 Å². The van der Waals surface area contributed by atoms with E-state index in [1.54, 1.807) is 17.0 Å². The monoisotopic (exact) mass is 306 g/mol. The van der Waals surface area contributed by atoms with Crippen LogP contribution in [-0.4, -0.2) is 28.9 Å². The van der Waals surface area contributed by atoms with Crippen LogP contribution in [0.5, 0.6) is 0 Å². The maximum Gasteiger partial charge on any atom is 0.256 e. The van der Waals surface area contributed by atoms with Crippen LogP contribution < -0.4 is 0 Å². The minimum absolute atomic E-state index is 0.0412. The Bertz CT molecular complexity index is 704. The van der Waals surface area contributed by atoms with Crippen molar-refractivity contribution in [1.29, 1.82) is 0 Å². The van der Waals surface area contributed by atoms with Crippen molar-refractivity contribution in [2.24, 2.45) is 0 Å². The summed E-state index contributed by atoms with van der Waals surface area (Å²) in [5.74, 6) is -4.38. The molecule has 1 aromatic carbocycles. The standard InChI is InChI=1S/C16H13F3N2O/c17-12-8-10(9-13(18)14(12)19)15-11(4-3-5-20-15)16(22)21-6-1-2-7-21/h3-5,8-9H,1-2,6-7H2. The molecule has 2 aromatic rings. The molecule has 1 saturated heterocycles. The van der Waals surface area contributed by atoms with Crippen LogP contribution in [-0.2, 0) is 0 Å². The highest BCUT2D eigenvalue weighted by atomic mass is 19.2. The molecule has 1 fully saturated rings. The van der Waals surface area contributed by atoms with Crippen LogP contribution in [0.1, 0.15) is 23.2 Å². The SMILES string of the molecule is O=C(c1cccnc1-c1cc(F)c(F)c(F)c1)N1CCCC1. The smallest absolute Gasteiger partial charge is 0.256 e. The summed E-state index contributed by atoms with van der Waals surface area (Å²) in [5.41, 5.74) is 0.451. The molecule has 0 unspecified atom stereocenters. The van der Waals surface area contributed by atoms with E-state index in [9.17, 15) is 18.0 Å². The number of aromatic nitrogens is 1. The molecule has 1 aromatic heterocycles. The van der Waals surface area contributed by atoms with Crippen LogP contribution in [0.4, 0.5) is 13.2 Å². The van der Waals surface area contributed by atoms with Crippen molar-refractivity contribution in [1.82, 2.24) is 9.88 Å². The van der Waals surface area contributed by atoms with E-state index >= 15 is 0 Å². The molecule has 1 aliphatic heterocycles. The van der Waals surface area contributed by atoms with Gasteiger partial charge in [-0.05, 0) is 37.1 Å². The number of hydrogen-bond acceptors (Lipinski definition) is 2. The van der Waals surface area contributed by atoms with Crippen LogP contribution in [0.15, 0.2) is 30.5 Å². The predicted molar refractivity (Wildman–Crippen MR) is 74.7 cm³/mol. The summed E-state index contributed by atoms with van der Waals surface area (Å²) in [6.45, 7) is 1.30. The van der Waals surface area contributed by atoms with Gasteiger partial charge >= 0.3 is 0 Å². The average Bonchev–Trinajstić information content (AvgIpc) is 3.06. The van der Waals surface area contributed by atoms with E-state index in [0.717, 1.165) is 25.0 Å². The second kappa shape index (κ2) is 5.79. The lowest BCUT2D eigenvalue weighted by atomic mass is 10.0. The quantitative estimate of drug-likeness (QED) is 0.797. The molecule has 1 aliphatic rings. The molecule has 1 amide bonds. The molecule has 0 spiro atoms. The van der Waals surface area contributed by atoms with Gasteiger partial charge in [0.2, 0.25) is 0 Å². The predicted octanol–water partition coefficient (Wildman–Crippen LogP) is 3.40. The van der Waals surface area contributed by atoms with Crippen molar-refractivity contribution in [2.45, 2.75) is 12.8 Å². The molecule has 0 bridgehead atoms. The van der Waals surface area contributed by atoms with Crippen molar-refractivity contribution >= 4 is 5.91 Å². The zero-order chi connectivity index (χ0) is 15.7. The lowest BCUT2D eigenvalue weighted by Crippen LogP contribution is -2.28. The third kappa shape index (κ3) is 2.56. The number of hydrogen-bond donors (Lipinski definition) is 0. The second-order valence-corrected chi connectivity index (χ2v) is 5.15. The van der Waals surface area contributed by atoms with E-state index in [-0.39, 0.29) is 22.7 Å². The number of rotatable bonds is 2. The first-order chi connectivity index (χ1) is 10.6. The number of likely N-dealkylation sites (tertiary alicyclic amines) is 1. The van der Waals surface area contributed by atoms with Gasteiger partial charge in [-0.2, -0.15) is 0 Å². The number of nitrogens with zero attached hydrogens (tertiary/aromatic N) is 2. The van der Waals surface area contributed by atoms with Gasteiger partial charge in [0, 0.05) is 24.8 Å². The fourth-order valence-corrected chi connectivity index (χ4v) is 2.59. The maximum atomic E-state index is 13.4. The molecule has 3 nitrogen and oxygen atoms in total. The highest BCUT2D eigenvalue weighted by Gasteiger charge is 2.23. The minimum Gasteiger partial charge on any atom is -0.339 e. The Morgan fingerprint density at radius 3 is 2.36 bits per heavy atom. The zero-order valence-corrected chi connectivity index (χ0v) is 11.7. The van der Waals surface area contributed by atoms with Gasteiger partial charge in [0.25, 0.3) is 5.91 Å². The molecule has 0 aliphatic carbocycles. The van der Waals surface area contributed by atoms with Crippen molar-refractivity contribution in [2.75, 3.05) is 13.1 Å². The first-order valence-corrected chi connectivity index (χ1v) is 6.97. The molecular formula is C16H13F3N2O. The van der Waals surface area contributed by atoms with Gasteiger partial charge in [0.1, 0.15) is 0 Å². The lowest BCUT2D eigenvalue weighted by Gasteiger charge is -2.17. The molecule has 114 valence electrons. The Hall–Kier alpha value is -2.37. The van der Waals surface area contributed by atoms with Gasteiger partial charge < -0.3 is 4.90 Å². The van der Waals surface area contributed by atoms with Crippen molar-refractivity contribution in [3.8, 4) is 11.3 Å². The largest absolute Gasteiger partial charge is 0.339 e. The van der Waals surface area contributed by atoms with E-state index < -0.39 is 17.5 Å². The first-order valence-electron chi connectivity index (χ1n) is 6.97. The van der Waals surface area contributed by atoms with Gasteiger partial charge in [-0.25, -0.2) is 13.2 Å². The summed E-state index contributed by atoms with van der Waals surface area (Å²) in [4.78, 5) is 18.2. The molecule has 0 atom stereocenters. The topological polar surface area (TPSA) is 33.2 Å². The van der Waals surface area contributed by atoms with Crippen LogP contribution in [0.25, 0.3) is 11.3 Å². The third-order valence-corrected chi connectivity index (χ3v) is 3.69. The Kier molecular flexibility index (Phi) is 3.83. The lowest BCUT2D eigenvalue weighted by molar-refractivity contribution is 0.0793. The summed E-state index contributed by atoms with van der Waals surface area (Å²) in [6, 6.07) is 4.84. The van der Waals surface area contributed by atoms with Gasteiger partial charge in [-0.1, -0.05) is 0 Å². The fraction of sp³-hybridized carbons (Fsp3) is 0.250. The number of amides is 1. The Morgan fingerprint density at radius 1 is 1.09 bits per heavy atom. The van der Waals surface area contributed by atoms with Crippen molar-refractivity contribution < 1.29 is 18.0 Å². The highest BCUT2D eigenvalue weighted by Crippen LogP contribution is 2.26. The van der Waals surface area contributed by atoms with E-state index in [0.29, 0.717) is 13.1 Å². The summed E-state index contributed by atoms with van der Waals surface area (Å²) >= 11 is 0. The van der Waals surface area contributed by atoms with Crippen LogP contribution in [0, 0.1) is 17.5 Å². The average molecular weight is 306 g/mol. The van der Waals surface area contributed by atoms with Crippen LogP contribution in [0.2, 0.25) is 0 Å². The number of pyridine rings is 1. The van der Waals surface area contributed by atoms with Crippen molar-refractivity contribution in [3.63, 3.8) is 0 Å². The summed E-state index contributed by atoms with van der Waals surface area (Å²) in [6.07, 6.45) is 3.29. The minimum atomic E-state index is -1.54. The molecule has 22 heavy (non-hydrogen) atoms. The number of carbonyl (C=O) groups excluding carboxylic acids is 1. The van der Waals surface area contributed by atoms with Gasteiger partial charge in [0.15, 0.2) is 17.5 Å². The first kappa shape index (κ1) is 14.6. The molecular weight excluding hydrogens is 293 g/mol. The second-order valence-electron chi connectivity index (χ2n) is 5.15. The van der Waals surface area contributed by atoms with Crippen LogP contribution >= 0.6 is 0 Å². The van der Waals surface area contributed by atoms with Gasteiger partial charge in [-0.15, -0.1) is 0 Å². The van der Waals surface area contributed by atoms with Gasteiger partial charge in [0.05, 0.1) is 11.3 Å². The molecule has 0 radical (unpaired) electrons. The van der Waals surface area contributed by atoms with Gasteiger partial charge in [-0.3, -0.25) is 9.78 Å². The molecule has 2 heterocycles. The number of halogens is 3. The Morgan fingerprint density at radius 2 is 1.73 bits per heavy atom. The highest BCUT2D eigenvalue weighted by molar-refractivity contribution is 6.00. The summed E-state index contributed by atoms with van der Waals surface area (Å²) in [5, 5.41) is 0. The zero-order valence-electron chi connectivity index (χ0n) is 11.7. The maximum absolute atomic E-state index is 13.4. The fourth-order valence-electron chi connectivity index (χ4n) is 2.59. The number of carbonyl (C=O) groups is 1. The third-order valence-electron chi connectivity index (χ3n) is 3.69. The molecule has 0 N–H and O–H groups in total. The summed E-state index contributed by atoms with van der Waals surface area (Å²) in [7, 11) is 0. The van der Waals surface area contributed by atoms with E-state index in [1.165, 1.54) is 6.20 Å². The number of benzene rings is 1.